The fraction of sp³-hybridized carbons (Fsp3) is 0.435. The number of rotatable bonds is 4. The molecule has 1 aromatic carbocycles. The number of carbonyl (C=O) groups is 1. The van der Waals surface area contributed by atoms with Crippen LogP contribution in [0.2, 0.25) is 5.15 Å². The van der Waals surface area contributed by atoms with E-state index in [4.69, 9.17) is 16.3 Å². The van der Waals surface area contributed by atoms with Crippen LogP contribution >= 0.6 is 11.6 Å². The Morgan fingerprint density at radius 3 is 2.58 bits per heavy atom. The largest absolute Gasteiger partial charge is 0.444 e. The normalized spacial score (nSPS) is 18.7. The number of halogens is 2. The third-order valence-electron chi connectivity index (χ3n) is 5.00. The average molecular weight is 445 g/mol. The zero-order valence-electron chi connectivity index (χ0n) is 17.8. The second-order valence-electron chi connectivity index (χ2n) is 8.64. The molecule has 1 fully saturated rings. The SMILES string of the molecule is CC(C)(C)OC(=O)N[C@H]1CCC[C@@H](Nc2nc(Cl)c(C#N)c(-c3ccccc3)c2F)C1. The molecule has 0 saturated heterocycles. The van der Waals surface area contributed by atoms with Gasteiger partial charge in [0.05, 0.1) is 0 Å². The number of benzene rings is 1. The number of ether oxygens (including phenoxy) is 1. The summed E-state index contributed by atoms with van der Waals surface area (Å²) in [6.45, 7) is 5.43. The standard InChI is InChI=1S/C23H26ClFN4O2/c1-23(2,3)31-22(30)28-16-11-7-10-15(12-16)27-21-19(25)18(14-8-5-4-6-9-14)17(13-26)20(24)29-21/h4-6,8-9,15-16H,7,10-12H2,1-3H3,(H,27,29)(H,28,30)/t15-,16+/m1/s1. The van der Waals surface area contributed by atoms with Gasteiger partial charge in [0.15, 0.2) is 11.6 Å². The van der Waals surface area contributed by atoms with Gasteiger partial charge in [0, 0.05) is 17.6 Å². The highest BCUT2D eigenvalue weighted by atomic mass is 35.5. The van der Waals surface area contributed by atoms with E-state index in [1.54, 1.807) is 24.3 Å². The number of amides is 1. The number of pyridine rings is 1. The van der Waals surface area contributed by atoms with Crippen molar-refractivity contribution in [2.24, 2.45) is 0 Å². The second-order valence-corrected chi connectivity index (χ2v) is 9.00. The van der Waals surface area contributed by atoms with E-state index >= 15 is 4.39 Å². The molecule has 1 saturated carbocycles. The monoisotopic (exact) mass is 444 g/mol. The molecular formula is C23H26ClFN4O2. The van der Waals surface area contributed by atoms with Crippen LogP contribution in [0.3, 0.4) is 0 Å². The number of anilines is 1. The predicted octanol–water partition coefficient (Wildman–Crippen LogP) is 5.66. The summed E-state index contributed by atoms with van der Waals surface area (Å²) in [4.78, 5) is 16.2. The van der Waals surface area contributed by atoms with Gasteiger partial charge in [-0.15, -0.1) is 0 Å². The summed E-state index contributed by atoms with van der Waals surface area (Å²) in [6.07, 6.45) is 2.60. The Bertz CT molecular complexity index is 986. The molecule has 1 aromatic heterocycles. The van der Waals surface area contributed by atoms with Crippen molar-refractivity contribution in [2.75, 3.05) is 5.32 Å². The molecule has 164 valence electrons. The minimum atomic E-state index is -0.616. The molecule has 6 nitrogen and oxygen atoms in total. The molecule has 2 atom stereocenters. The molecule has 31 heavy (non-hydrogen) atoms. The van der Waals surface area contributed by atoms with Gasteiger partial charge in [-0.05, 0) is 52.0 Å². The third kappa shape index (κ3) is 5.86. The fourth-order valence-electron chi connectivity index (χ4n) is 3.73. The lowest BCUT2D eigenvalue weighted by molar-refractivity contribution is 0.0492. The Hall–Kier alpha value is -2.85. The first-order valence-electron chi connectivity index (χ1n) is 10.3. The number of nitriles is 1. The maximum atomic E-state index is 15.4. The molecule has 1 aliphatic rings. The van der Waals surface area contributed by atoms with Gasteiger partial charge in [0.1, 0.15) is 22.4 Å². The maximum Gasteiger partial charge on any atom is 0.407 e. The lowest BCUT2D eigenvalue weighted by Crippen LogP contribution is -2.44. The summed E-state index contributed by atoms with van der Waals surface area (Å²) in [5.74, 6) is -0.611. The molecule has 0 radical (unpaired) electrons. The van der Waals surface area contributed by atoms with Crippen molar-refractivity contribution in [2.45, 2.75) is 64.1 Å². The van der Waals surface area contributed by atoms with Gasteiger partial charge in [-0.2, -0.15) is 5.26 Å². The van der Waals surface area contributed by atoms with Crippen LogP contribution in [0.5, 0.6) is 0 Å². The fourth-order valence-corrected chi connectivity index (χ4v) is 3.95. The number of hydrogen-bond acceptors (Lipinski definition) is 5. The molecule has 0 bridgehead atoms. The summed E-state index contributed by atoms with van der Waals surface area (Å²) in [5.41, 5.74) is 0.113. The Balaban J connectivity index is 1.79. The zero-order chi connectivity index (χ0) is 22.6. The molecule has 1 aliphatic carbocycles. The van der Waals surface area contributed by atoms with Crippen LogP contribution < -0.4 is 10.6 Å². The molecule has 8 heteroatoms. The van der Waals surface area contributed by atoms with Gasteiger partial charge in [0.2, 0.25) is 0 Å². The number of aromatic nitrogens is 1. The highest BCUT2D eigenvalue weighted by molar-refractivity contribution is 6.31. The summed E-state index contributed by atoms with van der Waals surface area (Å²) in [5, 5.41) is 15.5. The first-order valence-corrected chi connectivity index (χ1v) is 10.7. The van der Waals surface area contributed by atoms with Gasteiger partial charge >= 0.3 is 6.09 Å². The van der Waals surface area contributed by atoms with E-state index in [2.05, 4.69) is 15.6 Å². The van der Waals surface area contributed by atoms with E-state index in [1.165, 1.54) is 0 Å². The highest BCUT2D eigenvalue weighted by Gasteiger charge is 2.28. The molecule has 3 rings (SSSR count). The molecular weight excluding hydrogens is 419 g/mol. The number of nitrogens with zero attached hydrogens (tertiary/aromatic N) is 2. The topological polar surface area (TPSA) is 87.0 Å². The Morgan fingerprint density at radius 2 is 1.94 bits per heavy atom. The van der Waals surface area contributed by atoms with Gasteiger partial charge < -0.3 is 15.4 Å². The number of nitrogens with one attached hydrogen (secondary N) is 2. The lowest BCUT2D eigenvalue weighted by Gasteiger charge is -2.31. The summed E-state index contributed by atoms with van der Waals surface area (Å²) >= 11 is 6.22. The molecule has 0 aliphatic heterocycles. The van der Waals surface area contributed by atoms with Crippen LogP contribution in [-0.2, 0) is 4.74 Å². The van der Waals surface area contributed by atoms with Crippen LogP contribution in [0.15, 0.2) is 30.3 Å². The van der Waals surface area contributed by atoms with Crippen molar-refractivity contribution >= 4 is 23.5 Å². The van der Waals surface area contributed by atoms with E-state index < -0.39 is 17.5 Å². The minimum Gasteiger partial charge on any atom is -0.444 e. The van der Waals surface area contributed by atoms with Crippen LogP contribution in [0.25, 0.3) is 11.1 Å². The molecule has 1 amide bonds. The quantitative estimate of drug-likeness (QED) is 0.594. The predicted molar refractivity (Wildman–Crippen MR) is 118 cm³/mol. The lowest BCUT2D eigenvalue weighted by atomic mass is 9.91. The van der Waals surface area contributed by atoms with Crippen LogP contribution in [0, 0.1) is 17.1 Å². The average Bonchev–Trinajstić information content (AvgIpc) is 2.69. The van der Waals surface area contributed by atoms with Crippen molar-refractivity contribution in [3.8, 4) is 17.2 Å². The van der Waals surface area contributed by atoms with Crippen molar-refractivity contribution in [3.05, 3.63) is 46.9 Å². The molecule has 2 N–H and O–H groups in total. The van der Waals surface area contributed by atoms with Crippen LogP contribution in [0.1, 0.15) is 52.0 Å². The summed E-state index contributed by atoms with van der Waals surface area (Å²) < 4.78 is 20.7. The first-order chi connectivity index (χ1) is 14.7. The molecule has 1 heterocycles. The van der Waals surface area contributed by atoms with Gasteiger partial charge in [-0.3, -0.25) is 0 Å². The Morgan fingerprint density at radius 1 is 1.26 bits per heavy atom. The van der Waals surface area contributed by atoms with E-state index in [9.17, 15) is 10.1 Å². The zero-order valence-corrected chi connectivity index (χ0v) is 18.6. The minimum absolute atomic E-state index is 0.00373. The van der Waals surface area contributed by atoms with Crippen molar-refractivity contribution in [1.29, 1.82) is 5.26 Å². The van der Waals surface area contributed by atoms with Crippen molar-refractivity contribution in [1.82, 2.24) is 10.3 Å². The van der Waals surface area contributed by atoms with E-state index in [1.807, 2.05) is 32.9 Å². The summed E-state index contributed by atoms with van der Waals surface area (Å²) in [6, 6.07) is 10.6. The van der Waals surface area contributed by atoms with E-state index in [0.717, 1.165) is 19.3 Å². The number of carbonyl (C=O) groups excluding carboxylic acids is 1. The Kier molecular flexibility index (Phi) is 7.01. The van der Waals surface area contributed by atoms with Crippen molar-refractivity contribution < 1.29 is 13.9 Å². The summed E-state index contributed by atoms with van der Waals surface area (Å²) in [7, 11) is 0. The number of alkyl carbamates (subject to hydrolysis) is 1. The van der Waals surface area contributed by atoms with Crippen LogP contribution in [-0.4, -0.2) is 28.8 Å². The third-order valence-corrected chi connectivity index (χ3v) is 5.28. The molecule has 0 unspecified atom stereocenters. The molecule has 0 spiro atoms. The maximum absolute atomic E-state index is 15.4. The number of hydrogen-bond donors (Lipinski definition) is 2. The second kappa shape index (κ2) is 9.52. The van der Waals surface area contributed by atoms with Crippen molar-refractivity contribution in [3.63, 3.8) is 0 Å². The highest BCUT2D eigenvalue weighted by Crippen LogP contribution is 2.35. The van der Waals surface area contributed by atoms with Gasteiger partial charge in [-0.1, -0.05) is 41.9 Å². The Labute approximate surface area is 186 Å². The molecule has 2 aromatic rings. The van der Waals surface area contributed by atoms with Crippen LogP contribution in [0.4, 0.5) is 15.0 Å². The smallest absolute Gasteiger partial charge is 0.407 e. The van der Waals surface area contributed by atoms with E-state index in [0.29, 0.717) is 12.0 Å². The van der Waals surface area contributed by atoms with Gasteiger partial charge in [-0.25, -0.2) is 14.2 Å². The van der Waals surface area contributed by atoms with Gasteiger partial charge in [0.25, 0.3) is 0 Å². The first kappa shape index (κ1) is 22.8. The van der Waals surface area contributed by atoms with E-state index in [-0.39, 0.29) is 34.2 Å².